The van der Waals surface area contributed by atoms with Crippen molar-refractivity contribution >= 4 is 16.8 Å². The van der Waals surface area contributed by atoms with Gasteiger partial charge in [-0.25, -0.2) is 0 Å². The zero-order chi connectivity index (χ0) is 18.8. The maximum Gasteiger partial charge on any atom is 0.227 e. The van der Waals surface area contributed by atoms with Crippen molar-refractivity contribution in [2.24, 2.45) is 5.92 Å². The lowest BCUT2D eigenvalue weighted by atomic mass is 9.92. The van der Waals surface area contributed by atoms with Crippen LogP contribution in [-0.2, 0) is 11.2 Å². The Labute approximate surface area is 161 Å². The fourth-order valence-corrected chi connectivity index (χ4v) is 4.05. The third kappa shape index (κ3) is 3.59. The van der Waals surface area contributed by atoms with Gasteiger partial charge in [0.15, 0.2) is 0 Å². The molecule has 27 heavy (non-hydrogen) atoms. The van der Waals surface area contributed by atoms with Gasteiger partial charge in [-0.15, -0.1) is 0 Å². The second-order valence-electron chi connectivity index (χ2n) is 7.67. The molecule has 3 nitrogen and oxygen atoms in total. The van der Waals surface area contributed by atoms with E-state index >= 15 is 0 Å². The lowest BCUT2D eigenvalue weighted by Crippen LogP contribution is -2.39. The molecule has 0 bridgehead atoms. The molecule has 4 rings (SSSR count). The number of hydrogen-bond acceptors (Lipinski definition) is 2. The van der Waals surface area contributed by atoms with Crippen LogP contribution in [0.1, 0.15) is 31.0 Å². The summed E-state index contributed by atoms with van der Waals surface area (Å²) in [5.41, 5.74) is 5.29. The fraction of sp³-hybridized carbons (Fsp3) is 0.333. The van der Waals surface area contributed by atoms with E-state index in [0.717, 1.165) is 65.1 Å². The monoisotopic (exact) mass is 358 g/mol. The third-order valence-electron chi connectivity index (χ3n) is 5.73. The van der Waals surface area contributed by atoms with Crippen LogP contribution < -0.4 is 0 Å². The molecule has 2 aromatic carbocycles. The van der Waals surface area contributed by atoms with E-state index in [2.05, 4.69) is 37.3 Å². The molecule has 1 aromatic heterocycles. The lowest BCUT2D eigenvalue weighted by molar-refractivity contribution is -0.131. The molecule has 1 aliphatic heterocycles. The zero-order valence-corrected chi connectivity index (χ0v) is 16.1. The van der Waals surface area contributed by atoms with E-state index in [-0.39, 0.29) is 5.91 Å². The van der Waals surface area contributed by atoms with Crippen LogP contribution in [0.15, 0.2) is 54.6 Å². The number of rotatable bonds is 3. The van der Waals surface area contributed by atoms with Crippen molar-refractivity contribution in [3.63, 3.8) is 0 Å². The molecular weight excluding hydrogens is 332 g/mol. The molecule has 1 amide bonds. The number of aryl methyl sites for hydroxylation is 1. The molecule has 3 aromatic rings. The first-order valence-electron chi connectivity index (χ1n) is 9.85. The van der Waals surface area contributed by atoms with Crippen molar-refractivity contribution in [3.05, 3.63) is 65.9 Å². The largest absolute Gasteiger partial charge is 0.342 e. The first-order chi connectivity index (χ1) is 13.1. The molecule has 0 N–H and O–H groups in total. The van der Waals surface area contributed by atoms with Crippen molar-refractivity contribution in [1.82, 2.24) is 9.88 Å². The Morgan fingerprint density at radius 2 is 1.70 bits per heavy atom. The number of carbonyl (C=O) groups is 1. The number of amides is 1. The Hall–Kier alpha value is -2.68. The van der Waals surface area contributed by atoms with E-state index in [0.29, 0.717) is 6.42 Å². The normalized spacial score (nSPS) is 15.3. The Bertz CT molecular complexity index is 957. The highest BCUT2D eigenvalue weighted by Gasteiger charge is 2.23. The summed E-state index contributed by atoms with van der Waals surface area (Å²) >= 11 is 0. The molecule has 1 saturated heterocycles. The number of likely N-dealkylation sites (tertiary alicyclic amines) is 1. The third-order valence-corrected chi connectivity index (χ3v) is 5.73. The number of pyridine rings is 1. The Balaban J connectivity index is 1.78. The van der Waals surface area contributed by atoms with E-state index in [1.54, 1.807) is 0 Å². The topological polar surface area (TPSA) is 33.2 Å². The van der Waals surface area contributed by atoms with Gasteiger partial charge in [-0.3, -0.25) is 9.78 Å². The first-order valence-corrected chi connectivity index (χ1v) is 9.85. The molecule has 1 fully saturated rings. The summed E-state index contributed by atoms with van der Waals surface area (Å²) in [5, 5.41) is 1.12. The van der Waals surface area contributed by atoms with Gasteiger partial charge in [-0.2, -0.15) is 0 Å². The van der Waals surface area contributed by atoms with Gasteiger partial charge in [0.1, 0.15) is 0 Å². The van der Waals surface area contributed by atoms with Gasteiger partial charge < -0.3 is 4.90 Å². The smallest absolute Gasteiger partial charge is 0.227 e. The number of hydrogen-bond donors (Lipinski definition) is 0. The lowest BCUT2D eigenvalue weighted by Gasteiger charge is -2.30. The number of piperidine rings is 1. The van der Waals surface area contributed by atoms with Crippen molar-refractivity contribution in [2.45, 2.75) is 33.1 Å². The van der Waals surface area contributed by atoms with Gasteiger partial charge in [0.25, 0.3) is 0 Å². The molecule has 0 saturated carbocycles. The molecule has 2 heterocycles. The minimum Gasteiger partial charge on any atom is -0.342 e. The molecule has 1 aliphatic rings. The SMILES string of the molecule is Cc1nc2ccccc2c(-c2ccccc2)c1CC(=O)N1CCC(C)CC1. The summed E-state index contributed by atoms with van der Waals surface area (Å²) in [6.45, 7) is 6.05. The quantitative estimate of drug-likeness (QED) is 0.659. The number of benzene rings is 2. The predicted molar refractivity (Wildman–Crippen MR) is 111 cm³/mol. The van der Waals surface area contributed by atoms with E-state index in [9.17, 15) is 4.79 Å². The van der Waals surface area contributed by atoms with Crippen LogP contribution >= 0.6 is 0 Å². The van der Waals surface area contributed by atoms with Gasteiger partial charge in [-0.1, -0.05) is 55.5 Å². The average molecular weight is 358 g/mol. The highest BCUT2D eigenvalue weighted by Crippen LogP contribution is 2.33. The maximum atomic E-state index is 13.0. The number of para-hydroxylation sites is 1. The molecule has 3 heteroatoms. The predicted octanol–water partition coefficient (Wildman–Crippen LogP) is 5.01. The summed E-state index contributed by atoms with van der Waals surface area (Å²) in [4.78, 5) is 19.9. The van der Waals surface area contributed by atoms with Gasteiger partial charge in [-0.05, 0) is 48.4 Å². The second kappa shape index (κ2) is 7.51. The molecular formula is C24H26N2O. The van der Waals surface area contributed by atoms with Gasteiger partial charge in [0.2, 0.25) is 5.91 Å². The second-order valence-corrected chi connectivity index (χ2v) is 7.67. The molecule has 0 unspecified atom stereocenters. The van der Waals surface area contributed by atoms with Gasteiger partial charge >= 0.3 is 0 Å². The standard InChI is InChI=1S/C24H26N2O/c1-17-12-14-26(15-13-17)23(27)16-21-18(2)25-22-11-7-6-10-20(22)24(21)19-8-4-3-5-9-19/h3-11,17H,12-16H2,1-2H3. The number of carbonyl (C=O) groups excluding carboxylic acids is 1. The minimum atomic E-state index is 0.222. The van der Waals surface area contributed by atoms with E-state index in [4.69, 9.17) is 4.98 Å². The molecule has 0 spiro atoms. The Morgan fingerprint density at radius 1 is 1.04 bits per heavy atom. The fourth-order valence-electron chi connectivity index (χ4n) is 4.05. The van der Waals surface area contributed by atoms with Gasteiger partial charge in [0, 0.05) is 24.2 Å². The maximum absolute atomic E-state index is 13.0. The number of aromatic nitrogens is 1. The zero-order valence-electron chi connectivity index (χ0n) is 16.1. The summed E-state index contributed by atoms with van der Waals surface area (Å²) in [6.07, 6.45) is 2.63. The van der Waals surface area contributed by atoms with Crippen LogP contribution in [0.3, 0.4) is 0 Å². The molecule has 0 radical (unpaired) electrons. The van der Waals surface area contributed by atoms with E-state index in [1.165, 1.54) is 0 Å². The average Bonchev–Trinajstić information content (AvgIpc) is 2.69. The summed E-state index contributed by atoms with van der Waals surface area (Å²) in [6, 6.07) is 18.6. The van der Waals surface area contributed by atoms with Crippen molar-refractivity contribution in [1.29, 1.82) is 0 Å². The van der Waals surface area contributed by atoms with Crippen LogP contribution in [-0.4, -0.2) is 28.9 Å². The van der Waals surface area contributed by atoms with Crippen LogP contribution in [0.4, 0.5) is 0 Å². The molecule has 0 aliphatic carbocycles. The number of fused-ring (bicyclic) bond motifs is 1. The van der Waals surface area contributed by atoms with Crippen LogP contribution in [0.5, 0.6) is 0 Å². The highest BCUT2D eigenvalue weighted by molar-refractivity contribution is 5.98. The van der Waals surface area contributed by atoms with Crippen molar-refractivity contribution in [3.8, 4) is 11.1 Å². The molecule has 138 valence electrons. The summed E-state index contributed by atoms with van der Waals surface area (Å²) in [7, 11) is 0. The Kier molecular flexibility index (Phi) is 4.93. The van der Waals surface area contributed by atoms with Crippen LogP contribution in [0.25, 0.3) is 22.0 Å². The van der Waals surface area contributed by atoms with E-state index in [1.807, 2.05) is 36.1 Å². The first kappa shape index (κ1) is 17.7. The summed E-state index contributed by atoms with van der Waals surface area (Å²) in [5.74, 6) is 0.942. The van der Waals surface area contributed by atoms with Crippen molar-refractivity contribution in [2.75, 3.05) is 13.1 Å². The Morgan fingerprint density at radius 3 is 2.44 bits per heavy atom. The highest BCUT2D eigenvalue weighted by atomic mass is 16.2. The van der Waals surface area contributed by atoms with Crippen molar-refractivity contribution < 1.29 is 4.79 Å². The number of nitrogens with zero attached hydrogens (tertiary/aromatic N) is 2. The van der Waals surface area contributed by atoms with Crippen LogP contribution in [0.2, 0.25) is 0 Å². The van der Waals surface area contributed by atoms with Gasteiger partial charge in [0.05, 0.1) is 11.9 Å². The van der Waals surface area contributed by atoms with E-state index < -0.39 is 0 Å². The van der Waals surface area contributed by atoms with Crippen LogP contribution in [0, 0.1) is 12.8 Å². The molecule has 0 atom stereocenters. The summed E-state index contributed by atoms with van der Waals surface area (Å²) < 4.78 is 0. The minimum absolute atomic E-state index is 0.222.